The normalized spacial score (nSPS) is 38.6. The Labute approximate surface area is 152 Å². The number of nitrogens with zero attached hydrogens (tertiary/aromatic N) is 2. The number of carbonyl (C=O) groups is 2. The lowest BCUT2D eigenvalue weighted by Gasteiger charge is -2.47. The fraction of sp³-hybridized carbons (Fsp3) is 0.444. The van der Waals surface area contributed by atoms with Crippen molar-refractivity contribution in [3.63, 3.8) is 0 Å². The first-order valence-corrected chi connectivity index (χ1v) is 8.84. The lowest BCUT2D eigenvalue weighted by Crippen LogP contribution is -2.73. The second-order valence-corrected chi connectivity index (χ2v) is 7.61. The van der Waals surface area contributed by atoms with Crippen molar-refractivity contribution in [2.75, 3.05) is 0 Å². The first kappa shape index (κ1) is 16.8. The molecule has 2 amide bonds. The van der Waals surface area contributed by atoms with Crippen LogP contribution in [-0.2, 0) is 11.0 Å². The number of benzene rings is 1. The van der Waals surface area contributed by atoms with Gasteiger partial charge in [-0.05, 0) is 37.1 Å². The van der Waals surface area contributed by atoms with Gasteiger partial charge in [-0.3, -0.25) is 9.59 Å². The van der Waals surface area contributed by atoms with Gasteiger partial charge in [0.2, 0.25) is 0 Å². The van der Waals surface area contributed by atoms with Crippen LogP contribution in [0, 0.1) is 17.0 Å². The second-order valence-electron chi connectivity index (χ2n) is 7.61. The molecular weight excluding hydrogens is 363 g/mol. The molecule has 27 heavy (non-hydrogen) atoms. The van der Waals surface area contributed by atoms with E-state index >= 15 is 0 Å². The first-order chi connectivity index (χ1) is 12.7. The maximum absolute atomic E-state index is 13.3. The number of carbonyl (C=O) groups excluding carboxylic acids is 2. The van der Waals surface area contributed by atoms with E-state index in [-0.39, 0.29) is 17.4 Å². The van der Waals surface area contributed by atoms with Gasteiger partial charge in [0, 0.05) is 11.5 Å². The molecule has 4 unspecified atom stereocenters. The summed E-state index contributed by atoms with van der Waals surface area (Å²) in [5.74, 6) is -1.28. The standard InChI is InChI=1S/C18H16F3N3O3/c19-18(20,21)13-8-5-11(6-9-13)15(25)22-23-16(26)17-12-3-1-2-10(4-7-12)14(17)24(17,23)27/h4-10,12,14H,1-3H2,(H,22,25)/t10?,12?,14?,17-,24?/m0/s1. The number of hydrogen-bond donors (Lipinski definition) is 1. The van der Waals surface area contributed by atoms with Crippen molar-refractivity contribution in [1.29, 1.82) is 0 Å². The van der Waals surface area contributed by atoms with E-state index in [1.54, 1.807) is 0 Å². The van der Waals surface area contributed by atoms with Gasteiger partial charge >= 0.3 is 12.1 Å². The van der Waals surface area contributed by atoms with Crippen LogP contribution in [0.3, 0.4) is 0 Å². The molecule has 0 radical (unpaired) electrons. The third-order valence-corrected chi connectivity index (χ3v) is 6.42. The van der Waals surface area contributed by atoms with Crippen LogP contribution in [-0.4, -0.2) is 33.3 Å². The molecule has 2 saturated heterocycles. The minimum absolute atomic E-state index is 0.0122. The van der Waals surface area contributed by atoms with Crippen molar-refractivity contribution < 1.29 is 27.5 Å². The number of hydroxylamine groups is 2. The number of alkyl halides is 3. The molecule has 1 saturated carbocycles. The Morgan fingerprint density at radius 1 is 1.22 bits per heavy atom. The zero-order chi connectivity index (χ0) is 19.2. The van der Waals surface area contributed by atoms with Gasteiger partial charge in [0.1, 0.15) is 0 Å². The Kier molecular flexibility index (Phi) is 3.04. The van der Waals surface area contributed by atoms with E-state index in [1.807, 2.05) is 12.2 Å². The van der Waals surface area contributed by atoms with Gasteiger partial charge in [-0.25, -0.2) is 10.2 Å². The minimum Gasteiger partial charge on any atom is -0.603 e. The number of nitrogens with one attached hydrogen (secondary N) is 1. The van der Waals surface area contributed by atoms with E-state index in [1.165, 1.54) is 0 Å². The summed E-state index contributed by atoms with van der Waals surface area (Å²) < 4.78 is 37.0. The second kappa shape index (κ2) is 4.90. The summed E-state index contributed by atoms with van der Waals surface area (Å²) in [7, 11) is 0. The SMILES string of the molecule is O=C(NN1C(=O)[C@]23C4C=CC(CCC4)C2[N+]13[O-])c1ccc(C(F)(F)F)cc1. The Morgan fingerprint density at radius 3 is 2.59 bits per heavy atom. The van der Waals surface area contributed by atoms with E-state index in [0.717, 1.165) is 48.6 Å². The van der Waals surface area contributed by atoms with Gasteiger partial charge in [0.25, 0.3) is 11.4 Å². The van der Waals surface area contributed by atoms with Gasteiger partial charge in [-0.1, -0.05) is 23.7 Å². The average molecular weight is 379 g/mol. The molecule has 2 bridgehead atoms. The molecule has 2 aliphatic heterocycles. The molecule has 0 aromatic heterocycles. The molecule has 1 spiro atoms. The first-order valence-electron chi connectivity index (χ1n) is 8.84. The third kappa shape index (κ3) is 1.83. The van der Waals surface area contributed by atoms with Crippen LogP contribution in [0.5, 0.6) is 0 Å². The smallest absolute Gasteiger partial charge is 0.416 e. The minimum atomic E-state index is -4.50. The van der Waals surface area contributed by atoms with Crippen molar-refractivity contribution in [3.8, 4) is 0 Å². The zero-order valence-corrected chi connectivity index (χ0v) is 14.1. The van der Waals surface area contributed by atoms with Crippen LogP contribution < -0.4 is 5.43 Å². The van der Waals surface area contributed by atoms with Crippen LogP contribution in [0.4, 0.5) is 13.2 Å². The van der Waals surface area contributed by atoms with Gasteiger partial charge < -0.3 is 5.21 Å². The Bertz CT molecular complexity index is 884. The highest BCUT2D eigenvalue weighted by Gasteiger charge is 2.97. The maximum Gasteiger partial charge on any atom is 0.416 e. The van der Waals surface area contributed by atoms with E-state index in [4.69, 9.17) is 0 Å². The van der Waals surface area contributed by atoms with Crippen molar-refractivity contribution in [1.82, 2.24) is 10.5 Å². The Balaban J connectivity index is 1.36. The van der Waals surface area contributed by atoms with Crippen LogP contribution in [0.1, 0.15) is 35.2 Å². The molecule has 9 heteroatoms. The topological polar surface area (TPSA) is 72.5 Å². The maximum atomic E-state index is 13.3. The monoisotopic (exact) mass is 379 g/mol. The quantitative estimate of drug-likeness (QED) is 0.372. The van der Waals surface area contributed by atoms with E-state index in [2.05, 4.69) is 5.43 Å². The molecule has 1 aromatic carbocycles. The van der Waals surface area contributed by atoms with E-state index in [9.17, 15) is 28.0 Å². The summed E-state index contributed by atoms with van der Waals surface area (Å²) in [5.41, 5.74) is 0.375. The predicted octanol–water partition coefficient (Wildman–Crippen LogP) is 2.53. The number of rotatable bonds is 2. The zero-order valence-electron chi connectivity index (χ0n) is 14.1. The molecule has 3 aliphatic carbocycles. The number of amides is 2. The molecule has 6 nitrogen and oxygen atoms in total. The van der Waals surface area contributed by atoms with Gasteiger partial charge in [0.05, 0.1) is 11.5 Å². The number of fused-ring (bicyclic) bond motifs is 2. The molecule has 142 valence electrons. The fourth-order valence-electron chi connectivity index (χ4n) is 5.21. The van der Waals surface area contributed by atoms with Crippen molar-refractivity contribution in [3.05, 3.63) is 52.8 Å². The molecule has 2 heterocycles. The van der Waals surface area contributed by atoms with E-state index < -0.39 is 39.9 Å². The van der Waals surface area contributed by atoms with Crippen LogP contribution in [0.2, 0.25) is 0 Å². The van der Waals surface area contributed by atoms with Gasteiger partial charge in [-0.2, -0.15) is 13.2 Å². The molecule has 5 aliphatic rings. The number of quaternary nitrogens is 1. The van der Waals surface area contributed by atoms with Crippen molar-refractivity contribution in [2.24, 2.45) is 11.8 Å². The molecule has 6 rings (SSSR count). The molecule has 3 fully saturated rings. The summed E-state index contributed by atoms with van der Waals surface area (Å²) in [5, 5.41) is 14.1. The highest BCUT2D eigenvalue weighted by molar-refractivity contribution is 5.99. The fourth-order valence-corrected chi connectivity index (χ4v) is 5.21. The highest BCUT2D eigenvalue weighted by Crippen LogP contribution is 2.71. The number of hydrazine groups is 1. The van der Waals surface area contributed by atoms with Crippen molar-refractivity contribution >= 4 is 11.8 Å². The van der Waals surface area contributed by atoms with Gasteiger partial charge in [-0.15, -0.1) is 0 Å². The summed E-state index contributed by atoms with van der Waals surface area (Å²) in [6, 6.07) is 3.23. The summed E-state index contributed by atoms with van der Waals surface area (Å²) in [6.07, 6.45) is 2.05. The molecule has 1 N–H and O–H groups in total. The molecule has 5 atom stereocenters. The van der Waals surface area contributed by atoms with Crippen LogP contribution >= 0.6 is 0 Å². The lowest BCUT2D eigenvalue weighted by atomic mass is 9.79. The summed E-state index contributed by atoms with van der Waals surface area (Å²) >= 11 is 0. The largest absolute Gasteiger partial charge is 0.603 e. The Hall–Kier alpha value is -2.39. The number of halogens is 3. The van der Waals surface area contributed by atoms with Crippen molar-refractivity contribution in [2.45, 2.75) is 37.0 Å². The Morgan fingerprint density at radius 2 is 1.93 bits per heavy atom. The average Bonchev–Trinajstić information content (AvgIpc) is 3.29. The lowest BCUT2D eigenvalue weighted by molar-refractivity contribution is -0.935. The molecular formula is C18H16F3N3O3. The third-order valence-electron chi connectivity index (χ3n) is 6.42. The summed E-state index contributed by atoms with van der Waals surface area (Å²) in [4.78, 5) is 25.1. The van der Waals surface area contributed by atoms with Crippen LogP contribution in [0.25, 0.3) is 0 Å². The molecule has 1 aromatic rings. The summed E-state index contributed by atoms with van der Waals surface area (Å²) in [6.45, 7) is 0. The van der Waals surface area contributed by atoms with E-state index in [0.29, 0.717) is 0 Å². The number of hydrogen-bond acceptors (Lipinski definition) is 3. The van der Waals surface area contributed by atoms with Crippen LogP contribution in [0.15, 0.2) is 36.4 Å². The highest BCUT2D eigenvalue weighted by atomic mass is 19.4. The van der Waals surface area contributed by atoms with Gasteiger partial charge in [0.15, 0.2) is 6.04 Å². The predicted molar refractivity (Wildman–Crippen MR) is 85.9 cm³/mol.